The van der Waals surface area contributed by atoms with Crippen LogP contribution in [0.3, 0.4) is 0 Å². The number of carbonyl (C=O) groups is 2. The van der Waals surface area contributed by atoms with Gasteiger partial charge < -0.3 is 20.1 Å². The van der Waals surface area contributed by atoms with E-state index in [4.69, 9.17) is 9.47 Å². The van der Waals surface area contributed by atoms with Gasteiger partial charge in [0.25, 0.3) is 0 Å². The second-order valence-corrected chi connectivity index (χ2v) is 11.6. The van der Waals surface area contributed by atoms with Crippen LogP contribution in [-0.4, -0.2) is 46.4 Å². The van der Waals surface area contributed by atoms with E-state index in [1.165, 1.54) is 22.7 Å². The van der Waals surface area contributed by atoms with Crippen molar-refractivity contribution >= 4 is 44.8 Å². The summed E-state index contributed by atoms with van der Waals surface area (Å²) in [5.41, 5.74) is 1.73. The highest BCUT2D eigenvalue weighted by Gasteiger charge is 2.29. The predicted molar refractivity (Wildman–Crippen MR) is 154 cm³/mol. The van der Waals surface area contributed by atoms with Crippen LogP contribution in [0.4, 0.5) is 10.3 Å². The molecule has 2 amide bonds. The maximum atomic E-state index is 12.6. The van der Waals surface area contributed by atoms with Crippen LogP contribution in [0, 0.1) is 0 Å². The molecule has 1 aliphatic carbocycles. The summed E-state index contributed by atoms with van der Waals surface area (Å²) in [5, 5.41) is 25.8. The lowest BCUT2D eigenvalue weighted by atomic mass is 9.82. The fourth-order valence-corrected chi connectivity index (χ4v) is 6.62. The zero-order valence-corrected chi connectivity index (χ0v) is 23.9. The highest BCUT2D eigenvalue weighted by molar-refractivity contribution is 7.15. The maximum absolute atomic E-state index is 12.6. The Morgan fingerprint density at radius 2 is 1.25 bits per heavy atom. The zero-order valence-electron chi connectivity index (χ0n) is 22.3. The van der Waals surface area contributed by atoms with Crippen LogP contribution in [0.25, 0.3) is 0 Å². The minimum Gasteiger partial charge on any atom is -0.497 e. The lowest BCUT2D eigenvalue weighted by Crippen LogP contribution is -2.14. The van der Waals surface area contributed by atoms with Gasteiger partial charge in [-0.3, -0.25) is 9.59 Å². The van der Waals surface area contributed by atoms with Gasteiger partial charge in [0.15, 0.2) is 0 Å². The fraction of sp³-hybridized carbons (Fsp3) is 0.357. The molecule has 12 heteroatoms. The topological polar surface area (TPSA) is 128 Å². The highest BCUT2D eigenvalue weighted by atomic mass is 32.1. The van der Waals surface area contributed by atoms with E-state index in [9.17, 15) is 9.59 Å². The molecule has 2 heterocycles. The number of aromatic nitrogens is 4. The van der Waals surface area contributed by atoms with Gasteiger partial charge in [-0.05, 0) is 54.7 Å². The minimum absolute atomic E-state index is 0.146. The summed E-state index contributed by atoms with van der Waals surface area (Å²) in [6.07, 6.45) is 4.38. The standard InChI is InChI=1S/C28H30N6O4S2/c1-37-21-10-3-6-17(12-21)14-23(35)29-27-33-31-25(39-27)19-8-5-9-20(16-19)26-32-34-28(40-26)30-24(36)15-18-7-4-11-22(13-18)38-2/h3-4,6-7,10-13,19-20H,5,8-9,14-16H2,1-2H3,(H,29,33,35)(H,30,34,36). The van der Waals surface area contributed by atoms with E-state index in [0.717, 1.165) is 46.8 Å². The van der Waals surface area contributed by atoms with Gasteiger partial charge in [0, 0.05) is 11.8 Å². The Morgan fingerprint density at radius 1 is 0.775 bits per heavy atom. The molecule has 208 valence electrons. The number of nitrogens with one attached hydrogen (secondary N) is 2. The molecule has 10 nitrogen and oxygen atoms in total. The normalized spacial score (nSPS) is 16.8. The molecule has 0 spiro atoms. The zero-order chi connectivity index (χ0) is 27.9. The molecular weight excluding hydrogens is 548 g/mol. The van der Waals surface area contributed by atoms with Crippen molar-refractivity contribution in [1.82, 2.24) is 20.4 Å². The number of hydrogen-bond donors (Lipinski definition) is 2. The Bertz CT molecular complexity index is 1360. The first-order valence-electron chi connectivity index (χ1n) is 13.0. The average Bonchev–Trinajstić information content (AvgIpc) is 3.63. The molecule has 5 rings (SSSR count). The van der Waals surface area contributed by atoms with Crippen molar-refractivity contribution < 1.29 is 19.1 Å². The van der Waals surface area contributed by atoms with Crippen molar-refractivity contribution in [2.45, 2.75) is 50.4 Å². The molecule has 0 radical (unpaired) electrons. The molecule has 1 aliphatic rings. The molecule has 2 aromatic carbocycles. The van der Waals surface area contributed by atoms with Gasteiger partial charge in [-0.25, -0.2) is 0 Å². The third-order valence-electron chi connectivity index (χ3n) is 6.74. The molecule has 40 heavy (non-hydrogen) atoms. The van der Waals surface area contributed by atoms with Crippen LogP contribution >= 0.6 is 22.7 Å². The van der Waals surface area contributed by atoms with E-state index in [2.05, 4.69) is 31.0 Å². The van der Waals surface area contributed by atoms with Gasteiger partial charge in [-0.2, -0.15) is 0 Å². The summed E-state index contributed by atoms with van der Waals surface area (Å²) in [4.78, 5) is 25.1. The lowest BCUT2D eigenvalue weighted by molar-refractivity contribution is -0.116. The Hall–Kier alpha value is -3.90. The van der Waals surface area contributed by atoms with Crippen molar-refractivity contribution in [3.05, 3.63) is 69.7 Å². The Labute approximate surface area is 240 Å². The number of anilines is 2. The summed E-state index contributed by atoms with van der Waals surface area (Å²) in [5.74, 6) is 1.60. The molecule has 2 unspecified atom stereocenters. The summed E-state index contributed by atoms with van der Waals surface area (Å²) in [6, 6.07) is 14.9. The van der Waals surface area contributed by atoms with Crippen LogP contribution < -0.4 is 20.1 Å². The molecule has 1 saturated carbocycles. The van der Waals surface area contributed by atoms with E-state index in [1.54, 1.807) is 14.2 Å². The number of carbonyl (C=O) groups excluding carboxylic acids is 2. The van der Waals surface area contributed by atoms with E-state index in [-0.39, 0.29) is 36.5 Å². The van der Waals surface area contributed by atoms with Crippen molar-refractivity contribution in [2.24, 2.45) is 0 Å². The third-order valence-corrected chi connectivity index (χ3v) is 8.75. The molecule has 2 atom stereocenters. The molecule has 1 fully saturated rings. The van der Waals surface area contributed by atoms with Crippen molar-refractivity contribution in [2.75, 3.05) is 24.9 Å². The largest absolute Gasteiger partial charge is 0.497 e. The highest BCUT2D eigenvalue weighted by Crippen LogP contribution is 2.43. The summed E-state index contributed by atoms with van der Waals surface area (Å²) >= 11 is 2.85. The van der Waals surface area contributed by atoms with Gasteiger partial charge in [0.05, 0.1) is 27.1 Å². The Morgan fingerprint density at radius 3 is 1.70 bits per heavy atom. The summed E-state index contributed by atoms with van der Waals surface area (Å²) in [6.45, 7) is 0. The van der Waals surface area contributed by atoms with Crippen molar-refractivity contribution in [3.8, 4) is 11.5 Å². The average molecular weight is 579 g/mol. The number of benzene rings is 2. The Balaban J connectivity index is 1.14. The molecule has 4 aromatic rings. The quantitative estimate of drug-likeness (QED) is 0.262. The lowest BCUT2D eigenvalue weighted by Gasteiger charge is -2.25. The molecule has 0 saturated heterocycles. The number of rotatable bonds is 10. The number of methoxy groups -OCH3 is 2. The van der Waals surface area contributed by atoms with Crippen LogP contribution in [0.2, 0.25) is 0 Å². The van der Waals surface area contributed by atoms with E-state index in [0.29, 0.717) is 21.8 Å². The number of nitrogens with zero attached hydrogens (tertiary/aromatic N) is 4. The van der Waals surface area contributed by atoms with Crippen LogP contribution in [0.5, 0.6) is 11.5 Å². The summed E-state index contributed by atoms with van der Waals surface area (Å²) < 4.78 is 10.5. The first-order valence-corrected chi connectivity index (χ1v) is 14.6. The smallest absolute Gasteiger partial charge is 0.230 e. The van der Waals surface area contributed by atoms with Crippen LogP contribution in [0.15, 0.2) is 48.5 Å². The first-order chi connectivity index (χ1) is 19.5. The van der Waals surface area contributed by atoms with E-state index >= 15 is 0 Å². The molecule has 2 N–H and O–H groups in total. The van der Waals surface area contributed by atoms with Crippen molar-refractivity contribution in [1.29, 1.82) is 0 Å². The molecular formula is C28H30N6O4S2. The number of amides is 2. The molecule has 0 aliphatic heterocycles. The van der Waals surface area contributed by atoms with Gasteiger partial charge in [-0.15, -0.1) is 20.4 Å². The third kappa shape index (κ3) is 7.19. The van der Waals surface area contributed by atoms with Gasteiger partial charge in [0.2, 0.25) is 22.1 Å². The van der Waals surface area contributed by atoms with Crippen LogP contribution in [0.1, 0.15) is 58.7 Å². The number of ether oxygens (including phenoxy) is 2. The maximum Gasteiger partial charge on any atom is 0.230 e. The second-order valence-electron chi connectivity index (χ2n) is 9.60. The first kappa shape index (κ1) is 27.7. The monoisotopic (exact) mass is 578 g/mol. The van der Waals surface area contributed by atoms with Gasteiger partial charge >= 0.3 is 0 Å². The van der Waals surface area contributed by atoms with Crippen LogP contribution in [-0.2, 0) is 22.4 Å². The molecule has 0 bridgehead atoms. The number of hydrogen-bond acceptors (Lipinski definition) is 10. The Kier molecular flexibility index (Phi) is 8.97. The molecule has 2 aromatic heterocycles. The SMILES string of the molecule is COc1cccc(CC(=O)Nc2nnc(C3CCCC(c4nnc(NC(=O)Cc5cccc(OC)c5)s4)C3)s2)c1. The van der Waals surface area contributed by atoms with Gasteiger partial charge in [-0.1, -0.05) is 53.4 Å². The van der Waals surface area contributed by atoms with E-state index in [1.807, 2.05) is 48.5 Å². The van der Waals surface area contributed by atoms with Crippen molar-refractivity contribution in [3.63, 3.8) is 0 Å². The fourth-order valence-electron chi connectivity index (χ4n) is 4.80. The van der Waals surface area contributed by atoms with E-state index < -0.39 is 0 Å². The van der Waals surface area contributed by atoms with Gasteiger partial charge in [0.1, 0.15) is 21.5 Å². The summed E-state index contributed by atoms with van der Waals surface area (Å²) in [7, 11) is 3.20. The second kappa shape index (κ2) is 13.0. The minimum atomic E-state index is -0.146. The predicted octanol–water partition coefficient (Wildman–Crippen LogP) is 5.21.